The number of nitrogens with one attached hydrogen (secondary N) is 1. The molecule has 272 valence electrons. The van der Waals surface area contributed by atoms with Crippen molar-refractivity contribution in [1.29, 1.82) is 0 Å². The van der Waals surface area contributed by atoms with Crippen LogP contribution in [0.25, 0.3) is 0 Å². The number of carbonyl (C=O) groups excluding carboxylic acids is 2. The maximum Gasteiger partial charge on any atom is 0.407 e. The molecule has 3 aromatic rings. The quantitative estimate of drug-likeness (QED) is 0.232. The largest absolute Gasteiger partial charge is 0.445 e. The minimum absolute atomic E-state index is 0.0482. The van der Waals surface area contributed by atoms with Crippen molar-refractivity contribution in [3.63, 3.8) is 0 Å². The fourth-order valence-electron chi connectivity index (χ4n) is 6.80. The van der Waals surface area contributed by atoms with Crippen molar-refractivity contribution < 1.29 is 36.5 Å². The number of ether oxygens (including phenoxy) is 1. The number of piperazine rings is 1. The number of amides is 2. The second-order valence-electron chi connectivity index (χ2n) is 13.1. The minimum Gasteiger partial charge on any atom is -0.445 e. The molecule has 1 aromatic heterocycles. The lowest BCUT2D eigenvalue weighted by Crippen LogP contribution is -2.49. The molecule has 0 unspecified atom stereocenters. The van der Waals surface area contributed by atoms with Crippen LogP contribution >= 0.6 is 11.6 Å². The summed E-state index contributed by atoms with van der Waals surface area (Å²) in [4.78, 5) is 34.3. The molecular weight excluding hydrogens is 705 g/mol. The van der Waals surface area contributed by atoms with Gasteiger partial charge in [0.1, 0.15) is 17.6 Å². The first-order valence-corrected chi connectivity index (χ1v) is 18.7. The van der Waals surface area contributed by atoms with Crippen molar-refractivity contribution in [1.82, 2.24) is 19.4 Å². The fourth-order valence-corrected chi connectivity index (χ4v) is 8.43. The Morgan fingerprint density at radius 2 is 1.76 bits per heavy atom. The van der Waals surface area contributed by atoms with E-state index in [1.54, 1.807) is 28.7 Å². The van der Waals surface area contributed by atoms with Crippen LogP contribution in [-0.2, 0) is 32.1 Å². The average molecular weight is 745 g/mol. The monoisotopic (exact) mass is 744 g/mol. The zero-order valence-corrected chi connectivity index (χ0v) is 29.7. The lowest BCUT2D eigenvalue weighted by atomic mass is 9.78. The van der Waals surface area contributed by atoms with E-state index < -0.39 is 41.0 Å². The van der Waals surface area contributed by atoms with Gasteiger partial charge >= 0.3 is 13.1 Å². The zero-order chi connectivity index (χ0) is 36.3. The van der Waals surface area contributed by atoms with E-state index in [0.29, 0.717) is 25.1 Å². The van der Waals surface area contributed by atoms with Crippen LogP contribution in [0.3, 0.4) is 0 Å². The molecule has 4 heterocycles. The molecule has 2 amide bonds. The molecule has 3 saturated heterocycles. The normalized spacial score (nSPS) is 20.8. The molecular formula is C34H40BClF2N6O6S. The summed E-state index contributed by atoms with van der Waals surface area (Å²) in [6.45, 7) is 3.08. The van der Waals surface area contributed by atoms with Crippen LogP contribution in [0.15, 0.2) is 71.6 Å². The summed E-state index contributed by atoms with van der Waals surface area (Å²) in [5, 5.41) is 12.6. The third-order valence-electron chi connectivity index (χ3n) is 9.67. The number of carbonyl (C=O) groups is 2. The van der Waals surface area contributed by atoms with Crippen LogP contribution in [0, 0.1) is 5.92 Å². The highest BCUT2D eigenvalue weighted by Crippen LogP contribution is 2.42. The van der Waals surface area contributed by atoms with Crippen molar-refractivity contribution in [2.75, 3.05) is 55.6 Å². The number of rotatable bonds is 10. The van der Waals surface area contributed by atoms with Gasteiger partial charge in [-0.3, -0.25) is 4.79 Å². The molecule has 0 bridgehead atoms. The number of alkyl carbamates (subject to hydrolysis) is 1. The van der Waals surface area contributed by atoms with E-state index in [1.165, 1.54) is 33.5 Å². The first-order valence-electron chi connectivity index (χ1n) is 16.9. The Morgan fingerprint density at radius 3 is 2.45 bits per heavy atom. The number of hydrogen-bond donors (Lipinski definition) is 2. The van der Waals surface area contributed by atoms with Crippen molar-refractivity contribution in [2.24, 2.45) is 5.92 Å². The maximum absolute atomic E-state index is 15.8. The van der Waals surface area contributed by atoms with E-state index in [2.05, 4.69) is 10.3 Å². The summed E-state index contributed by atoms with van der Waals surface area (Å²) in [5.74, 6) is -4.19. The van der Waals surface area contributed by atoms with Gasteiger partial charge in [-0.15, -0.1) is 0 Å². The second-order valence-corrected chi connectivity index (χ2v) is 15.4. The summed E-state index contributed by atoms with van der Waals surface area (Å²) >= 11 is 6.23. The van der Waals surface area contributed by atoms with Gasteiger partial charge in [-0.25, -0.2) is 27.0 Å². The van der Waals surface area contributed by atoms with Crippen molar-refractivity contribution in [2.45, 2.75) is 49.6 Å². The van der Waals surface area contributed by atoms with Gasteiger partial charge in [0.15, 0.2) is 0 Å². The van der Waals surface area contributed by atoms with Crippen LogP contribution in [0.2, 0.25) is 12.0 Å². The number of alkyl halides is 2. The van der Waals surface area contributed by atoms with E-state index in [-0.39, 0.29) is 79.6 Å². The van der Waals surface area contributed by atoms with Crippen LogP contribution in [-0.4, -0.2) is 98.4 Å². The number of aromatic nitrogens is 1. The van der Waals surface area contributed by atoms with Crippen LogP contribution in [0.1, 0.15) is 30.4 Å². The van der Waals surface area contributed by atoms with Crippen molar-refractivity contribution in [3.8, 4) is 0 Å². The Morgan fingerprint density at radius 1 is 1.06 bits per heavy atom. The number of hydrogen-bond acceptors (Lipinski definition) is 9. The first-order chi connectivity index (χ1) is 24.3. The van der Waals surface area contributed by atoms with Crippen LogP contribution in [0.4, 0.5) is 25.1 Å². The summed E-state index contributed by atoms with van der Waals surface area (Å²) in [5.41, 5.74) is 1.08. The highest BCUT2D eigenvalue weighted by molar-refractivity contribution is 7.89. The third kappa shape index (κ3) is 8.46. The number of benzene rings is 2. The molecule has 2 N–H and O–H groups in total. The molecule has 0 saturated carbocycles. The molecule has 3 aliphatic rings. The molecule has 17 heteroatoms. The number of anilines is 2. The Balaban J connectivity index is 1.04. The van der Waals surface area contributed by atoms with Gasteiger partial charge in [-0.05, 0) is 74.7 Å². The molecule has 51 heavy (non-hydrogen) atoms. The van der Waals surface area contributed by atoms with Gasteiger partial charge in [-0.1, -0.05) is 41.9 Å². The summed E-state index contributed by atoms with van der Waals surface area (Å²) in [7, 11) is -4.73. The van der Waals surface area contributed by atoms with E-state index in [9.17, 15) is 23.0 Å². The Bertz CT molecular complexity index is 1820. The van der Waals surface area contributed by atoms with Crippen LogP contribution in [0.5, 0.6) is 0 Å². The number of piperidine rings is 1. The van der Waals surface area contributed by atoms with Gasteiger partial charge in [0.05, 0.1) is 10.9 Å². The van der Waals surface area contributed by atoms with Gasteiger partial charge < -0.3 is 29.7 Å². The first kappa shape index (κ1) is 36.9. The SMILES string of the molecule is CB(O)N1CCC[C@H](C(F)(F)c2cc(Cl)nc(N3CCN(S(=O)(=O)c4ccc(N5C[C@H](NC(=O)OCc6ccccc6)CC5=O)cc4)CC3)c2)C1. The van der Waals surface area contributed by atoms with Gasteiger partial charge in [-0.2, -0.15) is 4.31 Å². The lowest BCUT2D eigenvalue weighted by molar-refractivity contribution is -0.117. The number of pyridine rings is 1. The second kappa shape index (κ2) is 15.4. The Hall–Kier alpha value is -3.83. The van der Waals surface area contributed by atoms with E-state index in [1.807, 2.05) is 30.3 Å². The average Bonchev–Trinajstić information content (AvgIpc) is 3.50. The molecule has 12 nitrogen and oxygen atoms in total. The Kier molecular flexibility index (Phi) is 11.2. The highest BCUT2D eigenvalue weighted by Gasteiger charge is 2.45. The molecule has 0 spiro atoms. The molecule has 3 fully saturated rings. The number of sulfonamides is 1. The predicted octanol–water partition coefficient (Wildman–Crippen LogP) is 4.19. The molecule has 3 aliphatic heterocycles. The predicted molar refractivity (Wildman–Crippen MR) is 189 cm³/mol. The molecule has 2 aromatic carbocycles. The summed E-state index contributed by atoms with van der Waals surface area (Å²) in [6, 6.07) is 17.2. The number of halogens is 3. The molecule has 2 atom stereocenters. The zero-order valence-electron chi connectivity index (χ0n) is 28.1. The summed E-state index contributed by atoms with van der Waals surface area (Å²) < 4.78 is 65.2. The van der Waals surface area contributed by atoms with Crippen molar-refractivity contribution in [3.05, 3.63) is 83.0 Å². The van der Waals surface area contributed by atoms with Crippen molar-refractivity contribution >= 4 is 52.2 Å². The molecule has 0 radical (unpaired) electrons. The summed E-state index contributed by atoms with van der Waals surface area (Å²) in [6.07, 6.45) is 0.293. The van der Waals surface area contributed by atoms with E-state index in [0.717, 1.165) is 5.56 Å². The van der Waals surface area contributed by atoms with E-state index in [4.69, 9.17) is 16.3 Å². The van der Waals surface area contributed by atoms with Gasteiger partial charge in [0, 0.05) is 56.3 Å². The standard InChI is InChI=1S/C34H40BClF2N6O6S/c1-35(47)42-13-5-8-25(21-42)34(37,38)26-18-30(36)40-31(19-26)41-14-16-43(17-15-41)51(48,49)29-11-9-28(10-12-29)44-22-27(20-32(44)45)39-33(46)50-23-24-6-3-2-4-7-24/h2-4,6-7,9-12,18-19,25,27,47H,5,8,13-17,20-23H2,1H3,(H,39,46)/t25-,27+/m0/s1. The highest BCUT2D eigenvalue weighted by atomic mass is 35.5. The van der Waals surface area contributed by atoms with Gasteiger partial charge in [0.25, 0.3) is 5.92 Å². The third-order valence-corrected chi connectivity index (χ3v) is 11.8. The minimum atomic E-state index is -3.91. The van der Waals surface area contributed by atoms with Crippen LogP contribution < -0.4 is 15.1 Å². The van der Waals surface area contributed by atoms with E-state index >= 15 is 8.78 Å². The number of nitrogens with zero attached hydrogens (tertiary/aromatic N) is 5. The molecule has 6 rings (SSSR count). The maximum atomic E-state index is 15.8. The van der Waals surface area contributed by atoms with Gasteiger partial charge in [0.2, 0.25) is 15.9 Å². The fraction of sp³-hybridized carbons (Fsp3) is 0.441. The smallest absolute Gasteiger partial charge is 0.407 e. The Labute approximate surface area is 301 Å². The topological polar surface area (TPSA) is 136 Å². The lowest BCUT2D eigenvalue weighted by Gasteiger charge is -2.38. The molecule has 0 aliphatic carbocycles.